The van der Waals surface area contributed by atoms with Crippen LogP contribution < -0.4 is 14.8 Å². The number of hydrogen-bond acceptors (Lipinski definition) is 5. The van der Waals surface area contributed by atoms with Crippen molar-refractivity contribution in [1.29, 1.82) is 0 Å². The number of nitrogens with zero attached hydrogens (tertiary/aromatic N) is 3. The van der Waals surface area contributed by atoms with E-state index in [2.05, 4.69) is 10.4 Å². The van der Waals surface area contributed by atoms with Gasteiger partial charge in [0.25, 0.3) is 5.91 Å². The molecule has 11 heteroatoms. The third-order valence-corrected chi connectivity index (χ3v) is 5.67. The monoisotopic (exact) mass is 460 g/mol. The van der Waals surface area contributed by atoms with Crippen molar-refractivity contribution < 1.29 is 32.2 Å². The molecule has 0 aliphatic carbocycles. The number of carbonyl (C=O) groups is 2. The topological polar surface area (TPSA) is 83.5 Å². The molecule has 2 aromatic rings. The Hall–Kier alpha value is -3.76. The first kappa shape index (κ1) is 21.1. The average Bonchev–Trinajstić information content (AvgIpc) is 3.43. The molecule has 33 heavy (non-hydrogen) atoms. The molecule has 3 heterocycles. The molecule has 3 amide bonds. The van der Waals surface area contributed by atoms with Crippen LogP contribution in [0.1, 0.15) is 24.4 Å². The number of nitrogens with one attached hydrogen (secondary N) is 1. The van der Waals surface area contributed by atoms with Gasteiger partial charge in [0.2, 0.25) is 0 Å². The summed E-state index contributed by atoms with van der Waals surface area (Å²) in [4.78, 5) is 26.1. The fourth-order valence-corrected chi connectivity index (χ4v) is 4.14. The van der Waals surface area contributed by atoms with Gasteiger partial charge in [-0.25, -0.2) is 23.0 Å². The lowest BCUT2D eigenvalue weighted by atomic mass is 10.0. The van der Waals surface area contributed by atoms with Crippen LogP contribution in [0.25, 0.3) is 0 Å². The molecule has 3 aliphatic heterocycles. The van der Waals surface area contributed by atoms with Crippen LogP contribution in [0.15, 0.2) is 35.4 Å². The SMILES string of the molecule is O=C1COc2cc(F)c(O[C@@H]3CCN(C(=O)N4N=CC[C@H]4c4cc(F)cc(F)c4)C3)cc2N1. The smallest absolute Gasteiger partial charge is 0.341 e. The van der Waals surface area contributed by atoms with E-state index in [-0.39, 0.29) is 30.6 Å². The molecule has 3 aliphatic rings. The number of hydrogen-bond donors (Lipinski definition) is 1. The molecule has 2 aromatic carbocycles. The van der Waals surface area contributed by atoms with Gasteiger partial charge in [-0.3, -0.25) is 4.79 Å². The Morgan fingerprint density at radius 2 is 1.94 bits per heavy atom. The highest BCUT2D eigenvalue weighted by Gasteiger charge is 2.36. The molecule has 0 radical (unpaired) electrons. The number of urea groups is 1. The van der Waals surface area contributed by atoms with Gasteiger partial charge in [0, 0.05) is 43.8 Å². The minimum Gasteiger partial charge on any atom is -0.485 e. The third kappa shape index (κ3) is 4.18. The molecule has 2 atom stereocenters. The first-order valence-corrected chi connectivity index (χ1v) is 10.4. The summed E-state index contributed by atoms with van der Waals surface area (Å²) in [5.41, 5.74) is 0.621. The summed E-state index contributed by atoms with van der Waals surface area (Å²) in [5, 5.41) is 7.88. The number of rotatable bonds is 3. The van der Waals surface area contributed by atoms with Crippen molar-refractivity contribution in [2.45, 2.75) is 25.0 Å². The average molecular weight is 460 g/mol. The van der Waals surface area contributed by atoms with E-state index in [1.165, 1.54) is 34.3 Å². The van der Waals surface area contributed by atoms with Gasteiger partial charge in [-0.1, -0.05) is 0 Å². The summed E-state index contributed by atoms with van der Waals surface area (Å²) in [6.45, 7) is 0.329. The number of ether oxygens (including phenoxy) is 2. The van der Waals surface area contributed by atoms with E-state index in [0.717, 1.165) is 12.1 Å². The van der Waals surface area contributed by atoms with Crippen LogP contribution in [0.4, 0.5) is 23.7 Å². The Labute approximate surface area is 186 Å². The number of halogens is 3. The molecule has 0 spiro atoms. The second-order valence-corrected chi connectivity index (χ2v) is 7.97. The van der Waals surface area contributed by atoms with Crippen molar-refractivity contribution in [2.75, 3.05) is 25.0 Å². The quantitative estimate of drug-likeness (QED) is 0.761. The van der Waals surface area contributed by atoms with E-state index < -0.39 is 35.6 Å². The number of hydrazone groups is 1. The lowest BCUT2D eigenvalue weighted by molar-refractivity contribution is -0.118. The maximum Gasteiger partial charge on any atom is 0.341 e. The molecule has 0 unspecified atom stereocenters. The second kappa shape index (κ2) is 8.30. The maximum absolute atomic E-state index is 14.4. The molecule has 1 fully saturated rings. The number of benzene rings is 2. The van der Waals surface area contributed by atoms with Crippen LogP contribution in [0.2, 0.25) is 0 Å². The van der Waals surface area contributed by atoms with Crippen LogP contribution in [-0.2, 0) is 4.79 Å². The van der Waals surface area contributed by atoms with Gasteiger partial charge in [0.05, 0.1) is 18.3 Å². The summed E-state index contributed by atoms with van der Waals surface area (Å²) in [6, 6.07) is 4.57. The Balaban J connectivity index is 1.26. The Bertz CT molecular complexity index is 1140. The first-order valence-electron chi connectivity index (χ1n) is 10.4. The van der Waals surface area contributed by atoms with Crippen LogP contribution in [0.3, 0.4) is 0 Å². The molecule has 0 bridgehead atoms. The zero-order valence-corrected chi connectivity index (χ0v) is 17.3. The summed E-state index contributed by atoms with van der Waals surface area (Å²) in [5.74, 6) is -2.30. The Morgan fingerprint density at radius 3 is 2.73 bits per heavy atom. The van der Waals surface area contributed by atoms with Gasteiger partial charge in [-0.15, -0.1) is 0 Å². The zero-order chi connectivity index (χ0) is 23.1. The molecular formula is C22H19F3N4O4. The molecule has 1 N–H and O–H groups in total. The van der Waals surface area contributed by atoms with E-state index in [0.29, 0.717) is 30.6 Å². The molecule has 172 valence electrons. The maximum atomic E-state index is 14.4. The predicted molar refractivity (Wildman–Crippen MR) is 111 cm³/mol. The van der Waals surface area contributed by atoms with Crippen LogP contribution in [0, 0.1) is 17.5 Å². The molecule has 0 saturated carbocycles. The third-order valence-electron chi connectivity index (χ3n) is 5.67. The molecule has 1 saturated heterocycles. The molecule has 8 nitrogen and oxygen atoms in total. The lowest BCUT2D eigenvalue weighted by Crippen LogP contribution is -2.40. The number of anilines is 1. The van der Waals surface area contributed by atoms with Gasteiger partial charge >= 0.3 is 6.03 Å². The van der Waals surface area contributed by atoms with E-state index in [1.807, 2.05) is 0 Å². The van der Waals surface area contributed by atoms with Crippen LogP contribution in [0.5, 0.6) is 11.5 Å². The summed E-state index contributed by atoms with van der Waals surface area (Å²) >= 11 is 0. The Kier molecular flexibility index (Phi) is 5.31. The largest absolute Gasteiger partial charge is 0.485 e. The fraction of sp³-hybridized carbons (Fsp3) is 0.318. The number of amides is 3. The summed E-state index contributed by atoms with van der Waals surface area (Å²) in [6.07, 6.45) is 1.81. The van der Waals surface area contributed by atoms with Crippen molar-refractivity contribution in [3.8, 4) is 11.5 Å². The first-order chi connectivity index (χ1) is 15.9. The van der Waals surface area contributed by atoms with Gasteiger partial charge in [0.15, 0.2) is 18.2 Å². The Morgan fingerprint density at radius 1 is 1.15 bits per heavy atom. The number of carbonyl (C=O) groups excluding carboxylic acids is 2. The van der Waals surface area contributed by atoms with Gasteiger partial charge in [-0.2, -0.15) is 5.10 Å². The van der Waals surface area contributed by atoms with E-state index in [9.17, 15) is 22.8 Å². The minimum atomic E-state index is -0.729. The fourth-order valence-electron chi connectivity index (χ4n) is 4.14. The van der Waals surface area contributed by atoms with Gasteiger partial charge in [0.1, 0.15) is 23.5 Å². The van der Waals surface area contributed by atoms with E-state index in [4.69, 9.17) is 9.47 Å². The highest BCUT2D eigenvalue weighted by molar-refractivity contribution is 5.95. The zero-order valence-electron chi connectivity index (χ0n) is 17.3. The van der Waals surface area contributed by atoms with Crippen molar-refractivity contribution >= 4 is 23.8 Å². The van der Waals surface area contributed by atoms with Crippen molar-refractivity contribution in [3.63, 3.8) is 0 Å². The number of fused-ring (bicyclic) bond motifs is 1. The lowest BCUT2D eigenvalue weighted by Gasteiger charge is -2.27. The summed E-state index contributed by atoms with van der Waals surface area (Å²) < 4.78 is 52.7. The normalized spacial score (nSPS) is 21.6. The second-order valence-electron chi connectivity index (χ2n) is 7.97. The van der Waals surface area contributed by atoms with E-state index >= 15 is 0 Å². The van der Waals surface area contributed by atoms with Gasteiger partial charge in [-0.05, 0) is 17.7 Å². The highest BCUT2D eigenvalue weighted by Crippen LogP contribution is 2.36. The molecule has 5 rings (SSSR count). The van der Waals surface area contributed by atoms with Crippen LogP contribution in [-0.4, -0.2) is 53.9 Å². The molecule has 0 aromatic heterocycles. The summed E-state index contributed by atoms with van der Waals surface area (Å²) in [7, 11) is 0. The molecular weight excluding hydrogens is 441 g/mol. The van der Waals surface area contributed by atoms with Gasteiger partial charge < -0.3 is 19.7 Å². The van der Waals surface area contributed by atoms with Crippen LogP contribution >= 0.6 is 0 Å². The standard InChI is InChI=1S/C22H19F3N4O4/c23-13-5-12(6-14(24)7-13)18-1-3-26-29(18)22(31)28-4-2-15(10-28)33-19-9-17-20(8-16(19)25)32-11-21(30)27-17/h3,5-9,15,18H,1-2,4,10-11H2,(H,27,30)/t15-,18+/m1/s1. The van der Waals surface area contributed by atoms with Crippen molar-refractivity contribution in [3.05, 3.63) is 53.3 Å². The number of likely N-dealkylation sites (tertiary alicyclic amines) is 1. The van der Waals surface area contributed by atoms with Crippen molar-refractivity contribution in [1.82, 2.24) is 9.91 Å². The minimum absolute atomic E-state index is 0.0637. The highest BCUT2D eigenvalue weighted by atomic mass is 19.1. The van der Waals surface area contributed by atoms with E-state index in [1.54, 1.807) is 0 Å². The predicted octanol–water partition coefficient (Wildman–Crippen LogP) is 3.44. The van der Waals surface area contributed by atoms with Crippen molar-refractivity contribution in [2.24, 2.45) is 5.10 Å².